The Morgan fingerprint density at radius 1 is 1.15 bits per heavy atom. The zero-order valence-corrected chi connectivity index (χ0v) is 7.20. The molecule has 1 aromatic carbocycles. The van der Waals surface area contributed by atoms with Gasteiger partial charge in [-0.1, -0.05) is 6.92 Å². The highest BCUT2D eigenvalue weighted by Gasteiger charge is 2.09. The summed E-state index contributed by atoms with van der Waals surface area (Å²) in [6, 6.07) is 1.97. The molecule has 72 valence electrons. The lowest BCUT2D eigenvalue weighted by molar-refractivity contribution is 0.444. The summed E-state index contributed by atoms with van der Waals surface area (Å²) in [4.78, 5) is 0. The summed E-state index contributed by atoms with van der Waals surface area (Å²) in [7, 11) is 0. The Hall–Kier alpha value is -1.03. The highest BCUT2D eigenvalue weighted by Crippen LogP contribution is 2.13. The van der Waals surface area contributed by atoms with Crippen LogP contribution in [0.5, 0.6) is 0 Å². The van der Waals surface area contributed by atoms with Crippen LogP contribution in [-0.2, 0) is 6.54 Å². The molecule has 0 fully saturated rings. The predicted octanol–water partition coefficient (Wildman–Crippen LogP) is 2.21. The van der Waals surface area contributed by atoms with Crippen molar-refractivity contribution in [1.82, 2.24) is 5.32 Å². The number of nitrogens with one attached hydrogen (secondary N) is 1. The Balaban J connectivity index is 2.86. The maximum atomic E-state index is 12.6. The molecule has 0 aliphatic heterocycles. The average Bonchev–Trinajstić information content (AvgIpc) is 2.10. The minimum atomic E-state index is -1.42. The fraction of sp³-hybridized carbons (Fsp3) is 0.333. The first kappa shape index (κ1) is 10.1. The lowest BCUT2D eigenvalue weighted by Crippen LogP contribution is -2.12. The lowest BCUT2D eigenvalue weighted by Gasteiger charge is -2.03. The normalized spacial score (nSPS) is 10.5. The largest absolute Gasteiger partial charge is 0.313 e. The molecule has 0 aliphatic carbocycles. The number of benzene rings is 1. The molecule has 0 saturated heterocycles. The van der Waals surface area contributed by atoms with Crippen LogP contribution in [0.3, 0.4) is 0 Å². The van der Waals surface area contributed by atoms with Gasteiger partial charge in [0.2, 0.25) is 0 Å². The molecule has 0 saturated carbocycles. The van der Waals surface area contributed by atoms with Crippen molar-refractivity contribution in [3.63, 3.8) is 0 Å². The fourth-order valence-corrected chi connectivity index (χ4v) is 0.979. The smallest absolute Gasteiger partial charge is 0.194 e. The third-order valence-electron chi connectivity index (χ3n) is 1.62. The fourth-order valence-electron chi connectivity index (χ4n) is 0.979. The van der Waals surface area contributed by atoms with Gasteiger partial charge in [0.15, 0.2) is 17.5 Å². The van der Waals surface area contributed by atoms with Gasteiger partial charge in [0.1, 0.15) is 0 Å². The van der Waals surface area contributed by atoms with Gasteiger partial charge in [0, 0.05) is 6.54 Å². The van der Waals surface area contributed by atoms with Gasteiger partial charge in [0.05, 0.1) is 0 Å². The predicted molar refractivity (Wildman–Crippen MR) is 43.7 cm³/mol. The lowest BCUT2D eigenvalue weighted by atomic mass is 10.2. The summed E-state index contributed by atoms with van der Waals surface area (Å²) in [5, 5.41) is 2.88. The van der Waals surface area contributed by atoms with Crippen LogP contribution in [0.15, 0.2) is 12.1 Å². The highest BCUT2D eigenvalue weighted by atomic mass is 19.2. The molecule has 0 heterocycles. The Labute approximate surface area is 74.6 Å². The molecule has 0 amide bonds. The van der Waals surface area contributed by atoms with E-state index in [0.29, 0.717) is 18.7 Å². The van der Waals surface area contributed by atoms with Crippen LogP contribution in [0.2, 0.25) is 0 Å². The molecule has 13 heavy (non-hydrogen) atoms. The van der Waals surface area contributed by atoms with E-state index in [1.54, 1.807) is 0 Å². The van der Waals surface area contributed by atoms with Crippen molar-refractivity contribution in [3.8, 4) is 0 Å². The van der Waals surface area contributed by atoms with E-state index in [1.807, 2.05) is 6.92 Å². The van der Waals surface area contributed by atoms with Gasteiger partial charge in [-0.3, -0.25) is 0 Å². The Morgan fingerprint density at radius 3 is 2.15 bits per heavy atom. The molecule has 0 aromatic heterocycles. The van der Waals surface area contributed by atoms with Crippen LogP contribution in [0.1, 0.15) is 12.5 Å². The summed E-state index contributed by atoms with van der Waals surface area (Å²) < 4.78 is 37.7. The highest BCUT2D eigenvalue weighted by molar-refractivity contribution is 5.19. The van der Waals surface area contributed by atoms with Crippen molar-refractivity contribution in [1.29, 1.82) is 0 Å². The molecule has 1 rings (SSSR count). The minimum absolute atomic E-state index is 0.338. The van der Waals surface area contributed by atoms with Crippen molar-refractivity contribution < 1.29 is 13.2 Å². The van der Waals surface area contributed by atoms with Gasteiger partial charge in [0.25, 0.3) is 0 Å². The third-order valence-corrected chi connectivity index (χ3v) is 1.62. The van der Waals surface area contributed by atoms with Gasteiger partial charge in [-0.15, -0.1) is 0 Å². The first-order valence-electron chi connectivity index (χ1n) is 3.99. The summed E-state index contributed by atoms with van der Waals surface area (Å²) >= 11 is 0. The van der Waals surface area contributed by atoms with Crippen LogP contribution in [0.4, 0.5) is 13.2 Å². The first-order chi connectivity index (χ1) is 6.15. The van der Waals surface area contributed by atoms with E-state index >= 15 is 0 Å². The molecule has 4 heteroatoms. The van der Waals surface area contributed by atoms with Gasteiger partial charge in [-0.05, 0) is 24.2 Å². The Kier molecular flexibility index (Phi) is 3.31. The number of halogens is 3. The van der Waals surface area contributed by atoms with Crippen molar-refractivity contribution in [2.75, 3.05) is 6.54 Å². The molecule has 1 aromatic rings. The van der Waals surface area contributed by atoms with Gasteiger partial charge < -0.3 is 5.32 Å². The van der Waals surface area contributed by atoms with E-state index in [0.717, 1.165) is 12.1 Å². The molecule has 0 bridgehead atoms. The number of rotatable bonds is 3. The topological polar surface area (TPSA) is 12.0 Å². The van der Waals surface area contributed by atoms with Crippen molar-refractivity contribution in [2.45, 2.75) is 13.5 Å². The summed E-state index contributed by atoms with van der Waals surface area (Å²) in [5.41, 5.74) is 0.401. The second-order valence-electron chi connectivity index (χ2n) is 2.65. The SMILES string of the molecule is CCNCc1cc(F)c(F)c(F)c1. The van der Waals surface area contributed by atoms with Crippen molar-refractivity contribution >= 4 is 0 Å². The van der Waals surface area contributed by atoms with Crippen LogP contribution >= 0.6 is 0 Å². The first-order valence-corrected chi connectivity index (χ1v) is 3.99. The average molecular weight is 189 g/mol. The minimum Gasteiger partial charge on any atom is -0.313 e. The summed E-state index contributed by atoms with van der Waals surface area (Å²) in [5.74, 6) is -3.71. The quantitative estimate of drug-likeness (QED) is 0.719. The maximum Gasteiger partial charge on any atom is 0.194 e. The number of hydrogen-bond donors (Lipinski definition) is 1. The van der Waals surface area contributed by atoms with Crippen LogP contribution in [-0.4, -0.2) is 6.54 Å². The second-order valence-corrected chi connectivity index (χ2v) is 2.65. The van der Waals surface area contributed by atoms with E-state index in [-0.39, 0.29) is 0 Å². The maximum absolute atomic E-state index is 12.6. The van der Waals surface area contributed by atoms with Crippen molar-refractivity contribution in [2.24, 2.45) is 0 Å². The summed E-state index contributed by atoms with van der Waals surface area (Å²) in [6.07, 6.45) is 0. The molecule has 1 nitrogen and oxygen atoms in total. The van der Waals surface area contributed by atoms with E-state index in [2.05, 4.69) is 5.32 Å². The molecular weight excluding hydrogens is 179 g/mol. The van der Waals surface area contributed by atoms with E-state index in [4.69, 9.17) is 0 Å². The van der Waals surface area contributed by atoms with Gasteiger partial charge in [-0.25, -0.2) is 13.2 Å². The van der Waals surface area contributed by atoms with Gasteiger partial charge >= 0.3 is 0 Å². The molecule has 0 aliphatic rings. The molecule has 0 spiro atoms. The molecular formula is C9H10F3N. The molecule has 1 N–H and O–H groups in total. The standard InChI is InChI=1S/C9H10F3N/c1-2-13-5-6-3-7(10)9(12)8(11)4-6/h3-4,13H,2,5H2,1H3. The zero-order valence-electron chi connectivity index (χ0n) is 7.20. The zero-order chi connectivity index (χ0) is 9.84. The van der Waals surface area contributed by atoms with Crippen LogP contribution in [0.25, 0.3) is 0 Å². The van der Waals surface area contributed by atoms with Crippen LogP contribution in [0, 0.1) is 17.5 Å². The Morgan fingerprint density at radius 2 is 1.69 bits per heavy atom. The third kappa shape index (κ3) is 2.45. The van der Waals surface area contributed by atoms with E-state index in [9.17, 15) is 13.2 Å². The van der Waals surface area contributed by atoms with Crippen molar-refractivity contribution in [3.05, 3.63) is 35.1 Å². The van der Waals surface area contributed by atoms with E-state index < -0.39 is 17.5 Å². The summed E-state index contributed by atoms with van der Waals surface area (Å²) in [6.45, 7) is 2.90. The van der Waals surface area contributed by atoms with Crippen LogP contribution < -0.4 is 5.32 Å². The van der Waals surface area contributed by atoms with E-state index in [1.165, 1.54) is 0 Å². The Bertz CT molecular complexity index is 276. The molecule has 0 unspecified atom stereocenters. The number of hydrogen-bond acceptors (Lipinski definition) is 1. The molecule has 0 radical (unpaired) electrons. The van der Waals surface area contributed by atoms with Gasteiger partial charge in [-0.2, -0.15) is 0 Å². The monoisotopic (exact) mass is 189 g/mol. The second kappa shape index (κ2) is 4.28. The molecule has 0 atom stereocenters.